The van der Waals surface area contributed by atoms with Crippen LogP contribution in [0.2, 0.25) is 0 Å². The third kappa shape index (κ3) is 5.86. The highest BCUT2D eigenvalue weighted by Crippen LogP contribution is 2.42. The standard InChI is InChI=1S/C16H14F6O9/c1-5(16(20,21)22)11(24)27-3-7(23)30-14-9(12(25)28-4-15(17,18)19)8-10(31-14)6(2)29-13(8)26/h6,8-10,14H,1,3-4H2,2H3. The summed E-state index contributed by atoms with van der Waals surface area (Å²) in [5.74, 6) is -9.40. The summed E-state index contributed by atoms with van der Waals surface area (Å²) < 4.78 is 96.9. The van der Waals surface area contributed by atoms with Crippen molar-refractivity contribution in [3.63, 3.8) is 0 Å². The molecule has 5 atom stereocenters. The molecule has 2 rings (SSSR count). The van der Waals surface area contributed by atoms with Gasteiger partial charge >= 0.3 is 36.2 Å². The summed E-state index contributed by atoms with van der Waals surface area (Å²) in [5.41, 5.74) is -1.91. The number of fused-ring (bicyclic) bond motifs is 1. The molecule has 0 saturated carbocycles. The predicted molar refractivity (Wildman–Crippen MR) is 80.5 cm³/mol. The molecule has 0 aromatic heterocycles. The van der Waals surface area contributed by atoms with Crippen LogP contribution >= 0.6 is 0 Å². The van der Waals surface area contributed by atoms with E-state index < -0.39 is 85.4 Å². The first-order valence-electron chi connectivity index (χ1n) is 8.34. The number of rotatable bonds is 6. The van der Waals surface area contributed by atoms with Crippen molar-refractivity contribution in [1.29, 1.82) is 0 Å². The Morgan fingerprint density at radius 3 is 2.26 bits per heavy atom. The molecule has 0 amide bonds. The molecule has 0 spiro atoms. The lowest BCUT2D eigenvalue weighted by Crippen LogP contribution is -2.38. The van der Waals surface area contributed by atoms with Gasteiger partial charge in [0.15, 0.2) is 13.2 Å². The first-order chi connectivity index (χ1) is 14.1. The van der Waals surface area contributed by atoms with Gasteiger partial charge in [-0.05, 0) is 6.92 Å². The van der Waals surface area contributed by atoms with E-state index in [0.29, 0.717) is 0 Å². The van der Waals surface area contributed by atoms with Crippen LogP contribution in [0.3, 0.4) is 0 Å². The number of carbonyl (C=O) groups excluding carboxylic acids is 4. The molecule has 174 valence electrons. The number of halogens is 6. The van der Waals surface area contributed by atoms with Gasteiger partial charge in [0.1, 0.15) is 29.6 Å². The number of alkyl halides is 6. The van der Waals surface area contributed by atoms with E-state index in [0.717, 1.165) is 0 Å². The minimum absolute atomic E-state index is 0.952. The lowest BCUT2D eigenvalue weighted by Gasteiger charge is -2.21. The first kappa shape index (κ1) is 24.4. The SMILES string of the molecule is C=C(C(=O)OCC(=O)OC1OC2C(C)OC(=O)C2C1C(=O)OCC(F)(F)F)C(F)(F)F. The van der Waals surface area contributed by atoms with Gasteiger partial charge in [-0.15, -0.1) is 0 Å². The minimum atomic E-state index is -5.11. The lowest BCUT2D eigenvalue weighted by molar-refractivity contribution is -0.208. The second kappa shape index (κ2) is 8.72. The zero-order valence-corrected chi connectivity index (χ0v) is 15.5. The van der Waals surface area contributed by atoms with Crippen LogP contribution in [-0.4, -0.2) is 67.9 Å². The summed E-state index contributed by atoms with van der Waals surface area (Å²) in [6.07, 6.45) is -14.1. The molecule has 2 heterocycles. The summed E-state index contributed by atoms with van der Waals surface area (Å²) >= 11 is 0. The summed E-state index contributed by atoms with van der Waals surface area (Å²) in [5, 5.41) is 0. The average molecular weight is 464 g/mol. The minimum Gasteiger partial charge on any atom is -0.460 e. The molecule has 2 aliphatic rings. The molecule has 0 aromatic carbocycles. The molecule has 2 saturated heterocycles. The van der Waals surface area contributed by atoms with Gasteiger partial charge in [0.05, 0.1) is 0 Å². The van der Waals surface area contributed by atoms with Gasteiger partial charge in [0.2, 0.25) is 6.29 Å². The summed E-state index contributed by atoms with van der Waals surface area (Å²) in [6, 6.07) is 0. The Morgan fingerprint density at radius 2 is 1.71 bits per heavy atom. The molecule has 9 nitrogen and oxygen atoms in total. The fourth-order valence-corrected chi connectivity index (χ4v) is 2.81. The molecule has 31 heavy (non-hydrogen) atoms. The lowest BCUT2D eigenvalue weighted by atomic mass is 9.90. The van der Waals surface area contributed by atoms with Gasteiger partial charge in [0.25, 0.3) is 0 Å². The van der Waals surface area contributed by atoms with Gasteiger partial charge in [-0.25, -0.2) is 9.59 Å². The highest BCUT2D eigenvalue weighted by molar-refractivity contribution is 5.90. The van der Waals surface area contributed by atoms with E-state index >= 15 is 0 Å². The highest BCUT2D eigenvalue weighted by atomic mass is 19.4. The fourth-order valence-electron chi connectivity index (χ4n) is 2.81. The van der Waals surface area contributed by atoms with Crippen molar-refractivity contribution in [3.8, 4) is 0 Å². The van der Waals surface area contributed by atoms with Crippen molar-refractivity contribution in [3.05, 3.63) is 12.2 Å². The number of esters is 4. The molecule has 5 unspecified atom stereocenters. The van der Waals surface area contributed by atoms with Gasteiger partial charge in [-0.1, -0.05) is 6.58 Å². The van der Waals surface area contributed by atoms with E-state index in [9.17, 15) is 45.5 Å². The molecule has 0 N–H and O–H groups in total. The third-order valence-electron chi connectivity index (χ3n) is 4.17. The zero-order valence-electron chi connectivity index (χ0n) is 15.5. The molecular weight excluding hydrogens is 450 g/mol. The van der Waals surface area contributed by atoms with Crippen LogP contribution in [0.1, 0.15) is 6.92 Å². The maximum atomic E-state index is 12.3. The topological polar surface area (TPSA) is 114 Å². The number of hydrogen-bond acceptors (Lipinski definition) is 9. The largest absolute Gasteiger partial charge is 0.460 e. The van der Waals surface area contributed by atoms with Gasteiger partial charge < -0.3 is 23.7 Å². The summed E-state index contributed by atoms with van der Waals surface area (Å²) in [6.45, 7) is 0.434. The molecule has 2 fully saturated rings. The van der Waals surface area contributed by atoms with Crippen molar-refractivity contribution in [2.45, 2.75) is 37.8 Å². The van der Waals surface area contributed by atoms with Crippen molar-refractivity contribution in [1.82, 2.24) is 0 Å². The molecule has 15 heteroatoms. The Labute approximate surface area is 169 Å². The van der Waals surface area contributed by atoms with Crippen LogP contribution in [0.15, 0.2) is 12.2 Å². The Morgan fingerprint density at radius 1 is 1.10 bits per heavy atom. The van der Waals surface area contributed by atoms with Gasteiger partial charge in [-0.2, -0.15) is 26.3 Å². The fraction of sp³-hybridized carbons (Fsp3) is 0.625. The van der Waals surface area contributed by atoms with Crippen LogP contribution in [0.4, 0.5) is 26.3 Å². The number of carbonyl (C=O) groups is 4. The Hall–Kier alpha value is -2.84. The molecule has 0 aliphatic carbocycles. The summed E-state index contributed by atoms with van der Waals surface area (Å²) in [7, 11) is 0. The number of hydrogen-bond donors (Lipinski definition) is 0. The van der Waals surface area contributed by atoms with Gasteiger partial charge in [0, 0.05) is 0 Å². The highest BCUT2D eigenvalue weighted by Gasteiger charge is 2.61. The first-order valence-corrected chi connectivity index (χ1v) is 8.34. The molecule has 0 bridgehead atoms. The van der Waals surface area contributed by atoms with Gasteiger partial charge in [-0.3, -0.25) is 9.59 Å². The van der Waals surface area contributed by atoms with E-state index in [-0.39, 0.29) is 0 Å². The maximum Gasteiger partial charge on any atom is 0.422 e. The van der Waals surface area contributed by atoms with E-state index in [4.69, 9.17) is 9.47 Å². The molecule has 2 aliphatic heterocycles. The second-order valence-corrected chi connectivity index (χ2v) is 6.43. The number of cyclic esters (lactones) is 1. The van der Waals surface area contributed by atoms with Crippen molar-refractivity contribution in [2.24, 2.45) is 11.8 Å². The monoisotopic (exact) mass is 464 g/mol. The Kier molecular flexibility index (Phi) is 6.87. The predicted octanol–water partition coefficient (Wildman–Crippen LogP) is 1.20. The van der Waals surface area contributed by atoms with Crippen LogP contribution in [-0.2, 0) is 42.9 Å². The Bertz CT molecular complexity index is 775. The quantitative estimate of drug-likeness (QED) is 0.248. The van der Waals surface area contributed by atoms with Crippen LogP contribution < -0.4 is 0 Å². The van der Waals surface area contributed by atoms with E-state index in [2.05, 4.69) is 20.8 Å². The van der Waals surface area contributed by atoms with Crippen molar-refractivity contribution >= 4 is 23.9 Å². The normalized spacial score (nSPS) is 27.8. The van der Waals surface area contributed by atoms with E-state index in [1.54, 1.807) is 0 Å². The zero-order chi connectivity index (χ0) is 23.7. The second-order valence-electron chi connectivity index (χ2n) is 6.43. The van der Waals surface area contributed by atoms with E-state index in [1.165, 1.54) is 6.92 Å². The third-order valence-corrected chi connectivity index (χ3v) is 4.17. The van der Waals surface area contributed by atoms with Crippen LogP contribution in [0, 0.1) is 11.8 Å². The molecule has 0 aromatic rings. The maximum absolute atomic E-state index is 12.3. The number of ether oxygens (including phenoxy) is 5. The van der Waals surface area contributed by atoms with Crippen molar-refractivity contribution in [2.75, 3.05) is 13.2 Å². The van der Waals surface area contributed by atoms with E-state index in [1.807, 2.05) is 0 Å². The Balaban J connectivity index is 2.06. The van der Waals surface area contributed by atoms with Crippen LogP contribution in [0.25, 0.3) is 0 Å². The average Bonchev–Trinajstić information content (AvgIpc) is 3.13. The summed E-state index contributed by atoms with van der Waals surface area (Å²) in [4.78, 5) is 47.1. The van der Waals surface area contributed by atoms with Crippen LogP contribution in [0.5, 0.6) is 0 Å². The van der Waals surface area contributed by atoms with Crippen molar-refractivity contribution < 1.29 is 69.2 Å². The molecule has 0 radical (unpaired) electrons. The molecular formula is C16H14F6O9. The smallest absolute Gasteiger partial charge is 0.422 e.